The summed E-state index contributed by atoms with van der Waals surface area (Å²) in [6.07, 6.45) is 7.84. The number of aromatic nitrogens is 2. The SMILES string of the molecule is ClCC1CC2c3c(ccc4c3CCC3=C4C=CCC3)C12.FC(F)(F)c1ncc2ccccc2n1. The second-order valence-corrected chi connectivity index (χ2v) is 9.89. The molecule has 3 aromatic rings. The van der Waals surface area contributed by atoms with E-state index in [1.165, 1.54) is 44.4 Å². The molecule has 0 radical (unpaired) electrons. The Morgan fingerprint density at radius 1 is 1.03 bits per heavy atom. The number of hydrogen-bond acceptors (Lipinski definition) is 2. The van der Waals surface area contributed by atoms with E-state index in [1.54, 1.807) is 51.6 Å². The van der Waals surface area contributed by atoms with Crippen molar-refractivity contribution in [2.75, 3.05) is 5.88 Å². The molecule has 34 heavy (non-hydrogen) atoms. The zero-order chi connectivity index (χ0) is 23.4. The molecule has 4 aliphatic rings. The van der Waals surface area contributed by atoms with Crippen LogP contribution in [0.15, 0.2) is 60.3 Å². The molecule has 0 saturated heterocycles. The van der Waals surface area contributed by atoms with Gasteiger partial charge in [0, 0.05) is 17.5 Å². The first-order valence-electron chi connectivity index (χ1n) is 11.8. The van der Waals surface area contributed by atoms with Gasteiger partial charge >= 0.3 is 6.18 Å². The van der Waals surface area contributed by atoms with E-state index in [9.17, 15) is 13.2 Å². The molecule has 174 valence electrons. The predicted octanol–water partition coefficient (Wildman–Crippen LogP) is 7.82. The van der Waals surface area contributed by atoms with Crippen molar-refractivity contribution in [3.63, 3.8) is 0 Å². The average molecular weight is 481 g/mol. The van der Waals surface area contributed by atoms with Crippen molar-refractivity contribution in [1.29, 1.82) is 0 Å². The van der Waals surface area contributed by atoms with Crippen LogP contribution >= 0.6 is 11.6 Å². The van der Waals surface area contributed by atoms with E-state index in [0.29, 0.717) is 10.9 Å². The van der Waals surface area contributed by atoms with E-state index < -0.39 is 12.0 Å². The number of benzene rings is 2. The molecule has 4 aliphatic carbocycles. The van der Waals surface area contributed by atoms with Gasteiger partial charge in [-0.2, -0.15) is 13.2 Å². The molecule has 1 aromatic heterocycles. The molecule has 0 amide bonds. The Morgan fingerprint density at radius 2 is 1.88 bits per heavy atom. The van der Waals surface area contributed by atoms with Crippen LogP contribution in [0.25, 0.3) is 16.5 Å². The summed E-state index contributed by atoms with van der Waals surface area (Å²) in [5.74, 6) is 2.13. The summed E-state index contributed by atoms with van der Waals surface area (Å²) in [5, 5.41) is 0.598. The van der Waals surface area contributed by atoms with Gasteiger partial charge in [0.15, 0.2) is 0 Å². The van der Waals surface area contributed by atoms with Crippen LogP contribution in [-0.2, 0) is 12.6 Å². The molecule has 3 atom stereocenters. The molecule has 3 unspecified atom stereocenters. The summed E-state index contributed by atoms with van der Waals surface area (Å²) in [7, 11) is 0. The van der Waals surface area contributed by atoms with E-state index in [4.69, 9.17) is 11.6 Å². The van der Waals surface area contributed by atoms with Crippen LogP contribution in [0, 0.1) is 5.92 Å². The largest absolute Gasteiger partial charge is 0.451 e. The van der Waals surface area contributed by atoms with Gasteiger partial charge in [0.2, 0.25) is 5.82 Å². The maximum atomic E-state index is 12.2. The van der Waals surface area contributed by atoms with E-state index >= 15 is 0 Å². The van der Waals surface area contributed by atoms with Crippen molar-refractivity contribution in [2.24, 2.45) is 5.92 Å². The highest BCUT2D eigenvalue weighted by molar-refractivity contribution is 6.18. The van der Waals surface area contributed by atoms with E-state index in [-0.39, 0.29) is 0 Å². The lowest BCUT2D eigenvalue weighted by Crippen LogP contribution is -2.43. The fourth-order valence-electron chi connectivity index (χ4n) is 6.15. The van der Waals surface area contributed by atoms with Crippen molar-refractivity contribution in [3.8, 4) is 0 Å². The molecule has 0 bridgehead atoms. The lowest BCUT2D eigenvalue weighted by atomic mass is 9.49. The summed E-state index contributed by atoms with van der Waals surface area (Å²) in [5.41, 5.74) is 10.1. The van der Waals surface area contributed by atoms with Gasteiger partial charge in [0.1, 0.15) is 0 Å². The molecule has 1 heterocycles. The van der Waals surface area contributed by atoms with Gasteiger partial charge < -0.3 is 0 Å². The van der Waals surface area contributed by atoms with Crippen molar-refractivity contribution in [1.82, 2.24) is 9.97 Å². The minimum absolute atomic E-state index is 0.301. The molecular weight excluding hydrogens is 457 g/mol. The number of alkyl halides is 4. The molecular formula is C28H24ClF3N2. The van der Waals surface area contributed by atoms with Crippen LogP contribution in [0.5, 0.6) is 0 Å². The quantitative estimate of drug-likeness (QED) is 0.332. The summed E-state index contributed by atoms with van der Waals surface area (Å²) in [6, 6.07) is 11.3. The minimum atomic E-state index is -4.48. The molecule has 0 spiro atoms. The van der Waals surface area contributed by atoms with Crippen LogP contribution in [-0.4, -0.2) is 15.8 Å². The Hall–Kier alpha value is -2.66. The molecule has 7 rings (SSSR count). The van der Waals surface area contributed by atoms with Gasteiger partial charge in [-0.1, -0.05) is 48.1 Å². The van der Waals surface area contributed by atoms with E-state index in [1.807, 2.05) is 0 Å². The molecule has 2 aromatic carbocycles. The molecule has 6 heteroatoms. The standard InChI is InChI=1S/C19H19Cl.C9H5F3N2/c20-10-12-9-17-18(12)16-8-7-14-13-4-2-1-3-11(13)5-6-15(14)19(16)17;10-9(11,12)8-13-5-6-3-1-2-4-7(6)14-8/h2,4,7-8,12,17-18H,1,3,5-6,9-10H2;1-5H. The fraction of sp³-hybridized carbons (Fsp3) is 0.357. The summed E-state index contributed by atoms with van der Waals surface area (Å²) < 4.78 is 36.6. The molecule has 0 N–H and O–H groups in total. The van der Waals surface area contributed by atoms with Gasteiger partial charge in [-0.25, -0.2) is 9.97 Å². The van der Waals surface area contributed by atoms with Gasteiger partial charge in [-0.3, -0.25) is 0 Å². The maximum absolute atomic E-state index is 12.2. The number of allylic oxidation sites excluding steroid dienone is 4. The highest BCUT2D eigenvalue weighted by Crippen LogP contribution is 2.65. The van der Waals surface area contributed by atoms with Crippen LogP contribution in [0.3, 0.4) is 0 Å². The Kier molecular flexibility index (Phi) is 5.29. The van der Waals surface area contributed by atoms with Crippen molar-refractivity contribution >= 4 is 28.1 Å². The number of halogens is 4. The first-order chi connectivity index (χ1) is 16.5. The second kappa shape index (κ2) is 8.23. The van der Waals surface area contributed by atoms with Gasteiger partial charge in [0.05, 0.1) is 5.52 Å². The summed E-state index contributed by atoms with van der Waals surface area (Å²) in [6.45, 7) is 0. The number of rotatable bonds is 1. The third-order valence-electron chi connectivity index (χ3n) is 7.80. The fourth-order valence-corrected chi connectivity index (χ4v) is 6.47. The monoisotopic (exact) mass is 480 g/mol. The van der Waals surface area contributed by atoms with E-state index in [0.717, 1.165) is 23.6 Å². The number of hydrogen-bond donors (Lipinski definition) is 0. The van der Waals surface area contributed by atoms with Crippen LogP contribution in [0.1, 0.15) is 65.6 Å². The second-order valence-electron chi connectivity index (χ2n) is 9.59. The summed E-state index contributed by atoms with van der Waals surface area (Å²) in [4.78, 5) is 6.65. The lowest BCUT2D eigenvalue weighted by molar-refractivity contribution is -0.144. The third-order valence-corrected chi connectivity index (χ3v) is 8.20. The van der Waals surface area contributed by atoms with Crippen LogP contribution in [0.2, 0.25) is 0 Å². The van der Waals surface area contributed by atoms with Crippen LogP contribution < -0.4 is 0 Å². The number of para-hydroxylation sites is 1. The number of fused-ring (bicyclic) bond motifs is 8. The normalized spacial score (nSPS) is 24.1. The van der Waals surface area contributed by atoms with Crippen molar-refractivity contribution in [2.45, 2.75) is 50.1 Å². The molecule has 2 nitrogen and oxygen atoms in total. The Balaban J connectivity index is 0.000000137. The zero-order valence-electron chi connectivity index (χ0n) is 18.6. The molecule has 1 fully saturated rings. The molecule has 1 saturated carbocycles. The first-order valence-corrected chi connectivity index (χ1v) is 12.4. The van der Waals surface area contributed by atoms with Gasteiger partial charge in [-0.15, -0.1) is 11.6 Å². The average Bonchev–Trinajstić information content (AvgIpc) is 2.83. The maximum Gasteiger partial charge on any atom is 0.451 e. The summed E-state index contributed by atoms with van der Waals surface area (Å²) >= 11 is 6.08. The predicted molar refractivity (Wildman–Crippen MR) is 129 cm³/mol. The first kappa shape index (κ1) is 21.8. The molecule has 0 aliphatic heterocycles. The number of nitrogens with zero attached hydrogens (tertiary/aromatic N) is 2. The highest BCUT2D eigenvalue weighted by Gasteiger charge is 2.52. The highest BCUT2D eigenvalue weighted by atomic mass is 35.5. The van der Waals surface area contributed by atoms with E-state index in [2.05, 4.69) is 34.3 Å². The van der Waals surface area contributed by atoms with Crippen molar-refractivity contribution < 1.29 is 13.2 Å². The lowest BCUT2D eigenvalue weighted by Gasteiger charge is -2.55. The van der Waals surface area contributed by atoms with Gasteiger partial charge in [-0.05, 0) is 83.8 Å². The van der Waals surface area contributed by atoms with Crippen LogP contribution in [0.4, 0.5) is 13.2 Å². The smallest absolute Gasteiger partial charge is 0.232 e. The van der Waals surface area contributed by atoms with Crippen molar-refractivity contribution in [3.05, 3.63) is 88.4 Å². The van der Waals surface area contributed by atoms with Gasteiger partial charge in [0.25, 0.3) is 0 Å². The Labute approximate surface area is 201 Å². The Bertz CT molecular complexity index is 1340. The minimum Gasteiger partial charge on any atom is -0.232 e. The zero-order valence-corrected chi connectivity index (χ0v) is 19.3. The topological polar surface area (TPSA) is 25.8 Å². The Morgan fingerprint density at radius 3 is 2.71 bits per heavy atom. The third kappa shape index (κ3) is 3.48.